The molecule has 28 heavy (non-hydrogen) atoms. The maximum atomic E-state index is 12.2. The van der Waals surface area contributed by atoms with E-state index in [0.717, 1.165) is 16.9 Å². The van der Waals surface area contributed by atoms with E-state index in [4.69, 9.17) is 9.47 Å². The van der Waals surface area contributed by atoms with Gasteiger partial charge in [-0.05, 0) is 29.8 Å². The second-order valence-corrected chi connectivity index (χ2v) is 6.07. The Kier molecular flexibility index (Phi) is 5.09. The van der Waals surface area contributed by atoms with Gasteiger partial charge in [-0.15, -0.1) is 0 Å². The van der Waals surface area contributed by atoms with Crippen molar-refractivity contribution in [3.05, 3.63) is 109 Å². The third-order valence-corrected chi connectivity index (χ3v) is 4.08. The number of nitrogens with zero attached hydrogens (tertiary/aromatic N) is 2. The van der Waals surface area contributed by atoms with Crippen LogP contribution in [0, 0.1) is 6.08 Å². The first-order chi connectivity index (χ1) is 13.8. The third-order valence-electron chi connectivity index (χ3n) is 4.08. The van der Waals surface area contributed by atoms with Crippen LogP contribution in [0.4, 0.5) is 4.79 Å². The van der Waals surface area contributed by atoms with Crippen LogP contribution in [0.5, 0.6) is 5.75 Å². The van der Waals surface area contributed by atoms with Gasteiger partial charge < -0.3 is 9.47 Å². The summed E-state index contributed by atoms with van der Waals surface area (Å²) >= 11 is 0. The van der Waals surface area contributed by atoms with Gasteiger partial charge in [0, 0.05) is 17.8 Å². The summed E-state index contributed by atoms with van der Waals surface area (Å²) in [5.41, 5.74) is 2.66. The number of aromatic nitrogens is 2. The number of carbonyl (C=O) groups excluding carboxylic acids is 1. The predicted octanol–water partition coefficient (Wildman–Crippen LogP) is 4.93. The second-order valence-electron chi connectivity index (χ2n) is 6.07. The van der Waals surface area contributed by atoms with Crippen molar-refractivity contribution in [2.45, 2.75) is 6.61 Å². The zero-order chi connectivity index (χ0) is 19.2. The Morgan fingerprint density at radius 2 is 1.89 bits per heavy atom. The van der Waals surface area contributed by atoms with Gasteiger partial charge >= 0.3 is 6.09 Å². The van der Waals surface area contributed by atoms with Crippen molar-refractivity contribution in [3.63, 3.8) is 0 Å². The van der Waals surface area contributed by atoms with E-state index in [1.54, 1.807) is 30.5 Å². The fourth-order valence-corrected chi connectivity index (χ4v) is 2.63. The highest BCUT2D eigenvalue weighted by atomic mass is 16.6. The molecular formula is C23H17N2O3+. The summed E-state index contributed by atoms with van der Waals surface area (Å²) in [4.78, 5) is 16.5. The van der Waals surface area contributed by atoms with Crippen LogP contribution in [0.1, 0.15) is 5.56 Å². The highest BCUT2D eigenvalue weighted by Crippen LogP contribution is 2.22. The molecule has 0 saturated heterocycles. The molecule has 5 heteroatoms. The fourth-order valence-electron chi connectivity index (χ4n) is 2.63. The lowest BCUT2D eigenvalue weighted by molar-refractivity contribution is 0.181. The molecule has 4 rings (SSSR count). The number of rotatable bonds is 5. The van der Waals surface area contributed by atoms with Crippen LogP contribution in [0.25, 0.3) is 11.3 Å². The number of benzene rings is 2. The molecule has 0 atom stereocenters. The molecule has 0 unspecified atom stereocenters. The Hall–Kier alpha value is -3.95. The van der Waals surface area contributed by atoms with E-state index in [0.29, 0.717) is 18.1 Å². The maximum absolute atomic E-state index is 12.2. The van der Waals surface area contributed by atoms with Crippen LogP contribution in [-0.4, -0.2) is 15.6 Å². The molecule has 3 aromatic rings. The molecule has 0 N–H and O–H groups in total. The van der Waals surface area contributed by atoms with Crippen LogP contribution < -0.4 is 4.74 Å². The van der Waals surface area contributed by atoms with Gasteiger partial charge in [-0.25, -0.2) is 14.3 Å². The maximum Gasteiger partial charge on any atom is 0.437 e. The standard InChI is InChI=1S/C23H17N2O3/c26-23(28-21-9-5-2-6-10-21)25-15-22(24-17-25)19-11-13-20(14-12-19)27-16-18-7-3-1-4-8-18/h1-5,7-15,17H,16H2/q+1. The normalized spacial score (nSPS) is 12.2. The molecule has 1 aliphatic carbocycles. The van der Waals surface area contributed by atoms with Gasteiger partial charge in [0.2, 0.25) is 5.76 Å². The Bertz CT molecular complexity index is 1040. The average Bonchev–Trinajstić information content (AvgIpc) is 3.25. The largest absolute Gasteiger partial charge is 0.489 e. The fraction of sp³-hybridized carbons (Fsp3) is 0.0435. The molecule has 1 aromatic heterocycles. The van der Waals surface area contributed by atoms with E-state index in [2.05, 4.69) is 11.1 Å². The zero-order valence-corrected chi connectivity index (χ0v) is 15.0. The first kappa shape index (κ1) is 17.5. The minimum Gasteiger partial charge on any atom is -0.489 e. The molecule has 0 amide bonds. The SMILES string of the molecule is O=C(OC1=CC=C[C+]=C1)n1cnc(-c2ccc(OCc3ccccc3)cc2)c1. The molecular weight excluding hydrogens is 352 g/mol. The summed E-state index contributed by atoms with van der Waals surface area (Å²) in [7, 11) is 0. The summed E-state index contributed by atoms with van der Waals surface area (Å²) in [5.74, 6) is 1.20. The molecule has 0 aliphatic heterocycles. The van der Waals surface area contributed by atoms with Gasteiger partial charge in [-0.3, -0.25) is 0 Å². The number of ether oxygens (including phenoxy) is 2. The molecule has 1 aliphatic rings. The van der Waals surface area contributed by atoms with Gasteiger partial charge in [-0.1, -0.05) is 30.3 Å². The number of hydrogen-bond acceptors (Lipinski definition) is 4. The van der Waals surface area contributed by atoms with Gasteiger partial charge in [0.1, 0.15) is 30.8 Å². The van der Waals surface area contributed by atoms with Crippen molar-refractivity contribution in [3.8, 4) is 17.0 Å². The van der Waals surface area contributed by atoms with Crippen molar-refractivity contribution < 1.29 is 14.3 Å². The number of imidazole rings is 1. The topological polar surface area (TPSA) is 53.4 Å². The lowest BCUT2D eigenvalue weighted by Crippen LogP contribution is -2.11. The molecule has 0 spiro atoms. The monoisotopic (exact) mass is 369 g/mol. The van der Waals surface area contributed by atoms with Crippen LogP contribution in [-0.2, 0) is 11.3 Å². The van der Waals surface area contributed by atoms with E-state index in [-0.39, 0.29) is 0 Å². The molecule has 2 aromatic carbocycles. The van der Waals surface area contributed by atoms with E-state index in [1.807, 2.05) is 54.6 Å². The Labute approximate surface area is 162 Å². The summed E-state index contributed by atoms with van der Waals surface area (Å²) in [6, 6.07) is 17.6. The van der Waals surface area contributed by atoms with Crippen molar-refractivity contribution in [2.24, 2.45) is 0 Å². The molecule has 5 nitrogen and oxygen atoms in total. The first-order valence-electron chi connectivity index (χ1n) is 8.77. The molecule has 0 saturated carbocycles. The minimum absolute atomic E-state index is 0.433. The smallest absolute Gasteiger partial charge is 0.437 e. The van der Waals surface area contributed by atoms with E-state index >= 15 is 0 Å². The van der Waals surface area contributed by atoms with Crippen molar-refractivity contribution >= 4 is 6.09 Å². The van der Waals surface area contributed by atoms with E-state index in [9.17, 15) is 4.79 Å². The van der Waals surface area contributed by atoms with Gasteiger partial charge in [0.15, 0.2) is 0 Å². The summed E-state index contributed by atoms with van der Waals surface area (Å²) < 4.78 is 12.4. The van der Waals surface area contributed by atoms with Crippen molar-refractivity contribution in [1.82, 2.24) is 9.55 Å². The highest BCUT2D eigenvalue weighted by Gasteiger charge is 2.15. The molecule has 0 fully saturated rings. The Morgan fingerprint density at radius 3 is 2.64 bits per heavy atom. The molecule has 136 valence electrons. The van der Waals surface area contributed by atoms with Crippen LogP contribution in [0.15, 0.2) is 97.2 Å². The second kappa shape index (κ2) is 8.16. The quantitative estimate of drug-likeness (QED) is 0.599. The van der Waals surface area contributed by atoms with Crippen LogP contribution in [0.2, 0.25) is 0 Å². The number of carbonyl (C=O) groups is 1. The zero-order valence-electron chi connectivity index (χ0n) is 15.0. The van der Waals surface area contributed by atoms with Crippen LogP contribution in [0.3, 0.4) is 0 Å². The Morgan fingerprint density at radius 1 is 1.07 bits per heavy atom. The Balaban J connectivity index is 1.39. The van der Waals surface area contributed by atoms with Crippen LogP contribution >= 0.6 is 0 Å². The number of hydrogen-bond donors (Lipinski definition) is 0. The first-order valence-corrected chi connectivity index (χ1v) is 8.77. The minimum atomic E-state index is -0.527. The van der Waals surface area contributed by atoms with E-state index < -0.39 is 6.09 Å². The summed E-state index contributed by atoms with van der Waals surface area (Å²) in [5, 5.41) is 0. The van der Waals surface area contributed by atoms with Crippen molar-refractivity contribution in [2.75, 3.05) is 0 Å². The van der Waals surface area contributed by atoms with Gasteiger partial charge in [0.25, 0.3) is 0 Å². The van der Waals surface area contributed by atoms with Gasteiger partial charge in [-0.2, -0.15) is 0 Å². The van der Waals surface area contributed by atoms with E-state index in [1.165, 1.54) is 10.9 Å². The predicted molar refractivity (Wildman–Crippen MR) is 105 cm³/mol. The lowest BCUT2D eigenvalue weighted by atomic mass is 10.1. The summed E-state index contributed by atoms with van der Waals surface area (Å²) in [6.07, 6.45) is 12.2. The third kappa shape index (κ3) is 4.23. The highest BCUT2D eigenvalue weighted by molar-refractivity contribution is 5.74. The number of allylic oxidation sites excluding steroid dienone is 5. The molecule has 0 bridgehead atoms. The lowest BCUT2D eigenvalue weighted by Gasteiger charge is -2.06. The summed E-state index contributed by atoms with van der Waals surface area (Å²) in [6.45, 7) is 0.511. The molecule has 0 radical (unpaired) electrons. The average molecular weight is 369 g/mol. The van der Waals surface area contributed by atoms with Crippen molar-refractivity contribution in [1.29, 1.82) is 0 Å². The van der Waals surface area contributed by atoms with Gasteiger partial charge in [0.05, 0.1) is 17.8 Å². The molecule has 1 heterocycles.